The van der Waals surface area contributed by atoms with E-state index in [0.29, 0.717) is 29.1 Å². The fraction of sp³-hybridized carbons (Fsp3) is 0.400. The van der Waals surface area contributed by atoms with E-state index >= 15 is 0 Å². The van der Waals surface area contributed by atoms with Crippen molar-refractivity contribution in [3.8, 4) is 22.8 Å². The zero-order chi connectivity index (χ0) is 20.5. The molecule has 10 nitrogen and oxygen atoms in total. The first-order valence-corrected chi connectivity index (χ1v) is 10.0. The van der Waals surface area contributed by atoms with Crippen molar-refractivity contribution in [2.75, 3.05) is 36.5 Å². The first-order valence-electron chi connectivity index (χ1n) is 10.0. The lowest BCUT2D eigenvalue weighted by Crippen LogP contribution is -2.42. The summed E-state index contributed by atoms with van der Waals surface area (Å²) in [5.41, 5.74) is 3.13. The van der Waals surface area contributed by atoms with Crippen molar-refractivity contribution in [1.82, 2.24) is 30.1 Å². The third kappa shape index (κ3) is 3.61. The maximum atomic E-state index is 12.2. The fourth-order valence-corrected chi connectivity index (χ4v) is 3.92. The van der Waals surface area contributed by atoms with Gasteiger partial charge in [-0.3, -0.25) is 9.89 Å². The molecular formula is C20H22N8O2. The summed E-state index contributed by atoms with van der Waals surface area (Å²) in [5.74, 6) is 2.24. The van der Waals surface area contributed by atoms with Crippen molar-refractivity contribution < 1.29 is 9.53 Å². The third-order valence-electron chi connectivity index (χ3n) is 5.48. The predicted octanol–water partition coefficient (Wildman–Crippen LogP) is 1.82. The molecule has 0 atom stereocenters. The Labute approximate surface area is 173 Å². The van der Waals surface area contributed by atoms with Crippen LogP contribution in [0.15, 0.2) is 24.7 Å². The van der Waals surface area contributed by atoms with E-state index in [2.05, 4.69) is 30.5 Å². The van der Waals surface area contributed by atoms with E-state index in [1.807, 2.05) is 24.0 Å². The van der Waals surface area contributed by atoms with Crippen LogP contribution in [0, 0.1) is 12.8 Å². The van der Waals surface area contributed by atoms with Gasteiger partial charge < -0.3 is 15.0 Å². The number of amides is 1. The molecule has 5 heterocycles. The summed E-state index contributed by atoms with van der Waals surface area (Å²) in [6.45, 7) is 4.52. The molecule has 30 heavy (non-hydrogen) atoms. The Balaban J connectivity index is 1.46. The number of pyridine rings is 1. The molecule has 2 aliphatic rings. The smallest absolute Gasteiger partial charge is 0.245 e. The maximum Gasteiger partial charge on any atom is 0.245 e. The van der Waals surface area contributed by atoms with E-state index < -0.39 is 0 Å². The minimum Gasteiger partial charge on any atom is -0.381 e. The van der Waals surface area contributed by atoms with E-state index in [4.69, 9.17) is 9.72 Å². The molecule has 1 amide bonds. The van der Waals surface area contributed by atoms with Crippen LogP contribution in [0.25, 0.3) is 22.8 Å². The second-order valence-electron chi connectivity index (χ2n) is 7.58. The number of hydrogen-bond acceptors (Lipinski definition) is 8. The molecule has 0 spiro atoms. The van der Waals surface area contributed by atoms with Crippen LogP contribution in [0.3, 0.4) is 0 Å². The molecule has 0 radical (unpaired) electrons. The number of carbonyl (C=O) groups excluding carboxylic acids is 1. The van der Waals surface area contributed by atoms with Gasteiger partial charge in [-0.25, -0.2) is 19.9 Å². The highest BCUT2D eigenvalue weighted by molar-refractivity contribution is 5.99. The van der Waals surface area contributed by atoms with E-state index in [-0.39, 0.29) is 12.5 Å². The Morgan fingerprint density at radius 3 is 2.80 bits per heavy atom. The van der Waals surface area contributed by atoms with Crippen molar-refractivity contribution in [3.63, 3.8) is 0 Å². The van der Waals surface area contributed by atoms with Crippen LogP contribution in [0.1, 0.15) is 18.5 Å². The van der Waals surface area contributed by atoms with Gasteiger partial charge in [0.1, 0.15) is 12.0 Å². The highest BCUT2D eigenvalue weighted by atomic mass is 16.5. The number of aromatic amines is 1. The Morgan fingerprint density at radius 2 is 2.03 bits per heavy atom. The van der Waals surface area contributed by atoms with Gasteiger partial charge in [0, 0.05) is 31.0 Å². The average molecular weight is 406 g/mol. The molecule has 2 aliphatic heterocycles. The number of aryl methyl sites for hydroxylation is 1. The van der Waals surface area contributed by atoms with Crippen LogP contribution in [-0.4, -0.2) is 62.3 Å². The number of carbonyl (C=O) groups is 1. The Bertz CT molecular complexity index is 1060. The Morgan fingerprint density at radius 1 is 1.17 bits per heavy atom. The average Bonchev–Trinajstić information content (AvgIpc) is 3.29. The van der Waals surface area contributed by atoms with Gasteiger partial charge in [0.2, 0.25) is 5.91 Å². The quantitative estimate of drug-likeness (QED) is 0.673. The van der Waals surface area contributed by atoms with Gasteiger partial charge >= 0.3 is 0 Å². The molecular weight excluding hydrogens is 384 g/mol. The molecule has 154 valence electrons. The highest BCUT2D eigenvalue weighted by Gasteiger charge is 2.28. The molecule has 0 saturated carbocycles. The third-order valence-corrected chi connectivity index (χ3v) is 5.48. The number of H-pyrrole nitrogens is 1. The zero-order valence-electron chi connectivity index (χ0n) is 16.6. The zero-order valence-corrected chi connectivity index (χ0v) is 16.6. The van der Waals surface area contributed by atoms with Crippen molar-refractivity contribution in [2.24, 2.45) is 5.92 Å². The van der Waals surface area contributed by atoms with E-state index in [0.717, 1.165) is 49.6 Å². The summed E-state index contributed by atoms with van der Waals surface area (Å²) in [7, 11) is 0. The van der Waals surface area contributed by atoms with Crippen molar-refractivity contribution in [1.29, 1.82) is 0 Å². The number of ether oxygens (including phenoxy) is 1. The molecule has 2 N–H and O–H groups in total. The van der Waals surface area contributed by atoms with Crippen LogP contribution in [0.2, 0.25) is 0 Å². The monoisotopic (exact) mass is 406 g/mol. The van der Waals surface area contributed by atoms with Crippen LogP contribution < -0.4 is 10.2 Å². The maximum absolute atomic E-state index is 12.2. The minimum atomic E-state index is -0.0640. The van der Waals surface area contributed by atoms with Gasteiger partial charge in [-0.15, -0.1) is 0 Å². The summed E-state index contributed by atoms with van der Waals surface area (Å²) < 4.78 is 5.46. The Kier molecular flexibility index (Phi) is 4.83. The molecule has 0 unspecified atom stereocenters. The predicted molar refractivity (Wildman–Crippen MR) is 110 cm³/mol. The summed E-state index contributed by atoms with van der Waals surface area (Å²) >= 11 is 0. The van der Waals surface area contributed by atoms with Gasteiger partial charge in [-0.1, -0.05) is 0 Å². The fourth-order valence-electron chi connectivity index (χ4n) is 3.92. The number of nitrogens with zero attached hydrogens (tertiary/aromatic N) is 6. The molecule has 5 rings (SSSR count). The summed E-state index contributed by atoms with van der Waals surface area (Å²) in [4.78, 5) is 32.3. The Hall–Kier alpha value is -3.40. The number of hydrogen-bond donors (Lipinski definition) is 2. The number of fused-ring (bicyclic) bond motifs is 1. The van der Waals surface area contributed by atoms with Crippen LogP contribution in [0.5, 0.6) is 0 Å². The molecule has 3 aromatic rings. The molecule has 1 fully saturated rings. The molecule has 0 bridgehead atoms. The number of rotatable bonds is 4. The first-order chi connectivity index (χ1) is 14.7. The first kappa shape index (κ1) is 18.6. The number of aromatic nitrogens is 6. The van der Waals surface area contributed by atoms with Gasteiger partial charge in [0.15, 0.2) is 17.5 Å². The van der Waals surface area contributed by atoms with Crippen LogP contribution in [-0.2, 0) is 9.53 Å². The van der Waals surface area contributed by atoms with E-state index in [1.54, 1.807) is 6.20 Å². The summed E-state index contributed by atoms with van der Waals surface area (Å²) in [5, 5.41) is 9.53. The lowest BCUT2D eigenvalue weighted by molar-refractivity contribution is -0.115. The lowest BCUT2D eigenvalue weighted by Gasteiger charge is -2.33. The highest BCUT2D eigenvalue weighted by Crippen LogP contribution is 2.31. The van der Waals surface area contributed by atoms with E-state index in [9.17, 15) is 4.79 Å². The minimum absolute atomic E-state index is 0.0640. The standard InChI is InChI=1S/C20H22N8O2/c1-12-14(2-3-15(24-12)18-22-11-23-27-18)16-8-21-19-20(25-16)28(10-17(29)26-19)9-13-4-6-30-7-5-13/h2-3,8,11,13H,4-7,9-10H2,1H3,(H,21,26,29)(H,22,23,27). The van der Waals surface area contributed by atoms with Gasteiger partial charge in [0.05, 0.1) is 18.4 Å². The topological polar surface area (TPSA) is 122 Å². The number of anilines is 2. The normalized spacial score (nSPS) is 17.0. The van der Waals surface area contributed by atoms with Crippen molar-refractivity contribution >= 4 is 17.5 Å². The molecule has 0 aliphatic carbocycles. The summed E-state index contributed by atoms with van der Waals surface area (Å²) in [6, 6.07) is 3.84. The SMILES string of the molecule is Cc1nc(-c2ncn[nH]2)ccc1-c1cnc2c(n1)N(CC1CCOCC1)CC(=O)N2. The van der Waals surface area contributed by atoms with Crippen LogP contribution >= 0.6 is 0 Å². The van der Waals surface area contributed by atoms with Gasteiger partial charge in [0.25, 0.3) is 0 Å². The molecule has 10 heteroatoms. The molecule has 0 aromatic carbocycles. The second-order valence-corrected chi connectivity index (χ2v) is 7.58. The van der Waals surface area contributed by atoms with E-state index in [1.165, 1.54) is 6.33 Å². The second kappa shape index (κ2) is 7.79. The van der Waals surface area contributed by atoms with Gasteiger partial charge in [-0.2, -0.15) is 5.10 Å². The lowest BCUT2D eigenvalue weighted by atomic mass is 9.99. The molecule has 3 aromatic heterocycles. The number of nitrogens with one attached hydrogen (secondary N) is 2. The summed E-state index contributed by atoms with van der Waals surface area (Å²) in [6.07, 6.45) is 5.12. The largest absolute Gasteiger partial charge is 0.381 e. The molecule has 1 saturated heterocycles. The van der Waals surface area contributed by atoms with Crippen molar-refractivity contribution in [2.45, 2.75) is 19.8 Å². The van der Waals surface area contributed by atoms with Gasteiger partial charge in [-0.05, 0) is 37.8 Å². The van der Waals surface area contributed by atoms with Crippen molar-refractivity contribution in [3.05, 3.63) is 30.4 Å². The van der Waals surface area contributed by atoms with Crippen LogP contribution in [0.4, 0.5) is 11.6 Å².